The molecule has 102 valence electrons. The fourth-order valence-electron chi connectivity index (χ4n) is 1.55. The van der Waals surface area contributed by atoms with Crippen molar-refractivity contribution < 1.29 is 8.42 Å². The van der Waals surface area contributed by atoms with Crippen molar-refractivity contribution in [2.24, 2.45) is 0 Å². The van der Waals surface area contributed by atoms with E-state index in [-0.39, 0.29) is 9.92 Å². The van der Waals surface area contributed by atoms with E-state index >= 15 is 0 Å². The molecule has 1 aromatic heterocycles. The monoisotopic (exact) mass is 316 g/mol. The van der Waals surface area contributed by atoms with E-state index in [0.29, 0.717) is 13.0 Å². The van der Waals surface area contributed by atoms with E-state index in [0.717, 1.165) is 9.88 Å². The van der Waals surface area contributed by atoms with Crippen molar-refractivity contribution in [2.45, 2.75) is 18.2 Å². The van der Waals surface area contributed by atoms with Crippen LogP contribution < -0.4 is 4.72 Å². The third-order valence-electron chi connectivity index (χ3n) is 2.43. The van der Waals surface area contributed by atoms with Crippen molar-refractivity contribution >= 4 is 33.0 Å². The largest absolute Gasteiger partial charge is 0.249 e. The first-order valence-electron chi connectivity index (χ1n) is 5.64. The summed E-state index contributed by atoms with van der Waals surface area (Å²) < 4.78 is 26.6. The Morgan fingerprint density at radius 1 is 1.37 bits per heavy atom. The number of sulfonamides is 1. The van der Waals surface area contributed by atoms with Gasteiger partial charge in [0.25, 0.3) is 0 Å². The zero-order valence-corrected chi connectivity index (χ0v) is 12.6. The van der Waals surface area contributed by atoms with Gasteiger partial charge in [-0.3, -0.25) is 0 Å². The van der Waals surface area contributed by atoms with E-state index in [2.05, 4.69) is 9.71 Å². The number of rotatable bonds is 5. The normalized spacial score (nSPS) is 11.7. The van der Waals surface area contributed by atoms with Crippen LogP contribution in [0.15, 0.2) is 35.4 Å². The van der Waals surface area contributed by atoms with Crippen LogP contribution in [-0.2, 0) is 16.4 Å². The highest BCUT2D eigenvalue weighted by Crippen LogP contribution is 2.20. The molecule has 19 heavy (non-hydrogen) atoms. The van der Waals surface area contributed by atoms with E-state index in [1.165, 1.54) is 6.07 Å². The molecule has 1 N–H and O–H groups in total. The van der Waals surface area contributed by atoms with Crippen LogP contribution in [0.1, 0.15) is 9.88 Å². The fraction of sp³-hybridized carbons (Fsp3) is 0.250. The van der Waals surface area contributed by atoms with Crippen LogP contribution in [0.25, 0.3) is 0 Å². The molecule has 1 aromatic carbocycles. The molecule has 0 spiro atoms. The van der Waals surface area contributed by atoms with Gasteiger partial charge in [-0.1, -0.05) is 23.7 Å². The Morgan fingerprint density at radius 2 is 2.11 bits per heavy atom. The molecule has 0 aliphatic rings. The Kier molecular flexibility index (Phi) is 4.57. The quantitative estimate of drug-likeness (QED) is 0.922. The average Bonchev–Trinajstić information content (AvgIpc) is 2.75. The lowest BCUT2D eigenvalue weighted by molar-refractivity contribution is 0.581. The summed E-state index contributed by atoms with van der Waals surface area (Å²) in [5, 5.41) is 1.14. The van der Waals surface area contributed by atoms with Crippen LogP contribution in [0.3, 0.4) is 0 Å². The summed E-state index contributed by atoms with van der Waals surface area (Å²) in [6.07, 6.45) is 2.35. The maximum absolute atomic E-state index is 12.0. The molecule has 0 aliphatic carbocycles. The van der Waals surface area contributed by atoms with Gasteiger partial charge in [0, 0.05) is 24.0 Å². The van der Waals surface area contributed by atoms with Gasteiger partial charge in [0.15, 0.2) is 0 Å². The van der Waals surface area contributed by atoms with Crippen LogP contribution >= 0.6 is 22.9 Å². The van der Waals surface area contributed by atoms with Crippen LogP contribution in [-0.4, -0.2) is 19.9 Å². The number of thiazole rings is 1. The molecular weight excluding hydrogens is 304 g/mol. The fourth-order valence-corrected chi connectivity index (χ4v) is 3.89. The maximum Gasteiger partial charge on any atom is 0.242 e. The molecule has 0 aliphatic heterocycles. The molecule has 2 rings (SSSR count). The summed E-state index contributed by atoms with van der Waals surface area (Å²) in [5.41, 5.74) is 0. The van der Waals surface area contributed by atoms with E-state index in [1.54, 1.807) is 35.7 Å². The second kappa shape index (κ2) is 6.00. The zero-order valence-electron chi connectivity index (χ0n) is 10.3. The highest BCUT2D eigenvalue weighted by molar-refractivity contribution is 7.89. The van der Waals surface area contributed by atoms with Crippen LogP contribution in [0, 0.1) is 6.92 Å². The number of nitrogens with one attached hydrogen (secondary N) is 1. The first-order chi connectivity index (χ1) is 8.99. The van der Waals surface area contributed by atoms with E-state index in [9.17, 15) is 8.42 Å². The molecule has 0 saturated heterocycles. The molecule has 0 radical (unpaired) electrons. The Hall–Kier alpha value is -0.950. The van der Waals surface area contributed by atoms with Crippen molar-refractivity contribution in [1.29, 1.82) is 0 Å². The number of nitrogens with zero attached hydrogens (tertiary/aromatic N) is 1. The number of hydrogen-bond donors (Lipinski definition) is 1. The molecule has 0 bridgehead atoms. The van der Waals surface area contributed by atoms with Crippen molar-refractivity contribution in [1.82, 2.24) is 9.71 Å². The number of hydrogen-bond acceptors (Lipinski definition) is 4. The Bertz CT molecular complexity index is 668. The van der Waals surface area contributed by atoms with E-state index in [4.69, 9.17) is 11.6 Å². The first kappa shape index (κ1) is 14.5. The maximum atomic E-state index is 12.0. The zero-order chi connectivity index (χ0) is 13.9. The number of aromatic nitrogens is 1. The van der Waals surface area contributed by atoms with Crippen LogP contribution in [0.4, 0.5) is 0 Å². The number of aryl methyl sites for hydroxylation is 1. The Labute approximate surface area is 121 Å². The standard InChI is InChI=1S/C12H13ClN2O2S2/c1-9-8-14-12(18-9)6-7-15-19(16,17)11-5-3-2-4-10(11)13/h2-5,8,15H,6-7H2,1H3. The summed E-state index contributed by atoms with van der Waals surface area (Å²) in [4.78, 5) is 5.40. The second-order valence-corrected chi connectivity index (χ2v) is 7.40. The SMILES string of the molecule is Cc1cnc(CCNS(=O)(=O)c2ccccc2Cl)s1. The van der Waals surface area contributed by atoms with Gasteiger partial charge in [-0.15, -0.1) is 11.3 Å². The average molecular weight is 317 g/mol. The van der Waals surface area contributed by atoms with Gasteiger partial charge in [0.1, 0.15) is 4.90 Å². The number of benzene rings is 1. The second-order valence-electron chi connectivity index (χ2n) is 3.94. The Morgan fingerprint density at radius 3 is 2.74 bits per heavy atom. The minimum atomic E-state index is -3.56. The highest BCUT2D eigenvalue weighted by Gasteiger charge is 2.16. The van der Waals surface area contributed by atoms with Gasteiger partial charge in [-0.25, -0.2) is 18.1 Å². The molecule has 0 saturated carbocycles. The third-order valence-corrected chi connectivity index (χ3v) is 5.36. The van der Waals surface area contributed by atoms with Gasteiger partial charge < -0.3 is 0 Å². The van der Waals surface area contributed by atoms with Crippen molar-refractivity contribution in [3.8, 4) is 0 Å². The van der Waals surface area contributed by atoms with Crippen molar-refractivity contribution in [2.75, 3.05) is 6.54 Å². The Balaban J connectivity index is 2.01. The lowest BCUT2D eigenvalue weighted by Gasteiger charge is -2.07. The van der Waals surface area contributed by atoms with Gasteiger partial charge in [0.2, 0.25) is 10.0 Å². The molecule has 0 fully saturated rings. The predicted molar refractivity (Wildman–Crippen MR) is 77.2 cm³/mol. The molecular formula is C12H13ClN2O2S2. The van der Waals surface area contributed by atoms with Crippen molar-refractivity contribution in [3.05, 3.63) is 45.4 Å². The minimum Gasteiger partial charge on any atom is -0.249 e. The molecule has 4 nitrogen and oxygen atoms in total. The summed E-state index contributed by atoms with van der Waals surface area (Å²) in [5.74, 6) is 0. The van der Waals surface area contributed by atoms with E-state index < -0.39 is 10.0 Å². The predicted octanol–water partition coefficient (Wildman–Crippen LogP) is 2.63. The van der Waals surface area contributed by atoms with Crippen molar-refractivity contribution in [3.63, 3.8) is 0 Å². The van der Waals surface area contributed by atoms with Gasteiger partial charge in [0.05, 0.1) is 10.0 Å². The summed E-state index contributed by atoms with van der Waals surface area (Å²) in [6.45, 7) is 2.27. The summed E-state index contributed by atoms with van der Waals surface area (Å²) >= 11 is 7.44. The summed E-state index contributed by atoms with van der Waals surface area (Å²) in [7, 11) is -3.56. The van der Waals surface area contributed by atoms with Gasteiger partial charge in [-0.05, 0) is 19.1 Å². The van der Waals surface area contributed by atoms with Crippen LogP contribution in [0.2, 0.25) is 5.02 Å². The molecule has 7 heteroatoms. The molecule has 2 aromatic rings. The highest BCUT2D eigenvalue weighted by atomic mass is 35.5. The molecule has 0 atom stereocenters. The summed E-state index contributed by atoms with van der Waals surface area (Å²) in [6, 6.07) is 6.38. The molecule has 0 amide bonds. The van der Waals surface area contributed by atoms with Crippen LogP contribution in [0.5, 0.6) is 0 Å². The van der Waals surface area contributed by atoms with E-state index in [1.807, 2.05) is 6.92 Å². The first-order valence-corrected chi connectivity index (χ1v) is 8.32. The molecule has 0 unspecified atom stereocenters. The molecule has 1 heterocycles. The van der Waals surface area contributed by atoms with Gasteiger partial charge >= 0.3 is 0 Å². The minimum absolute atomic E-state index is 0.104. The lowest BCUT2D eigenvalue weighted by Crippen LogP contribution is -2.26. The smallest absolute Gasteiger partial charge is 0.242 e. The number of halogens is 1. The lowest BCUT2D eigenvalue weighted by atomic mass is 10.4. The van der Waals surface area contributed by atoms with Gasteiger partial charge in [-0.2, -0.15) is 0 Å². The topological polar surface area (TPSA) is 59.1 Å². The third kappa shape index (κ3) is 3.76.